The number of nitrogens with zero attached hydrogens (tertiary/aromatic N) is 5. The topological polar surface area (TPSA) is 98.2 Å². The summed E-state index contributed by atoms with van der Waals surface area (Å²) in [6.45, 7) is 6.75. The Kier molecular flexibility index (Phi) is 7.62. The molecule has 3 heterocycles. The van der Waals surface area contributed by atoms with Crippen molar-refractivity contribution in [2.24, 2.45) is 0 Å². The number of aromatic nitrogens is 5. The summed E-state index contributed by atoms with van der Waals surface area (Å²) in [5.74, 6) is 1.51. The average molecular weight is 503 g/mol. The molecule has 1 N–H and O–H groups in total. The summed E-state index contributed by atoms with van der Waals surface area (Å²) in [6, 6.07) is 16.1. The van der Waals surface area contributed by atoms with Crippen LogP contribution in [0.3, 0.4) is 0 Å². The molecule has 194 valence electrons. The molecule has 4 aromatic rings. The van der Waals surface area contributed by atoms with Crippen molar-refractivity contribution >= 4 is 10.9 Å². The summed E-state index contributed by atoms with van der Waals surface area (Å²) in [5, 5.41) is 13.7. The first-order chi connectivity index (χ1) is 18.0. The summed E-state index contributed by atoms with van der Waals surface area (Å²) >= 11 is 0. The highest BCUT2D eigenvalue weighted by molar-refractivity contribution is 5.80. The molecule has 9 heteroatoms. The van der Waals surface area contributed by atoms with E-state index in [2.05, 4.69) is 63.5 Å². The van der Waals surface area contributed by atoms with Crippen molar-refractivity contribution in [3.63, 3.8) is 0 Å². The summed E-state index contributed by atoms with van der Waals surface area (Å²) in [6.07, 6.45) is 3.00. The van der Waals surface area contributed by atoms with Crippen LogP contribution in [0.5, 0.6) is 5.75 Å². The third kappa shape index (κ3) is 5.73. The number of fused-ring (bicyclic) bond motifs is 1. The van der Waals surface area contributed by atoms with Crippen LogP contribution in [0.25, 0.3) is 10.9 Å². The van der Waals surface area contributed by atoms with Crippen molar-refractivity contribution in [2.45, 2.75) is 64.9 Å². The molecule has 5 rings (SSSR count). The molecule has 2 atom stereocenters. The van der Waals surface area contributed by atoms with Gasteiger partial charge in [0.1, 0.15) is 5.75 Å². The average Bonchev–Trinajstić information content (AvgIpc) is 3.59. The number of hydrogen-bond donors (Lipinski definition) is 1. The van der Waals surface area contributed by atoms with Gasteiger partial charge in [0.25, 0.3) is 5.56 Å². The van der Waals surface area contributed by atoms with E-state index in [0.717, 1.165) is 42.6 Å². The van der Waals surface area contributed by atoms with Gasteiger partial charge < -0.3 is 14.5 Å². The molecule has 1 aliphatic rings. The van der Waals surface area contributed by atoms with Crippen molar-refractivity contribution in [1.29, 1.82) is 0 Å². The summed E-state index contributed by atoms with van der Waals surface area (Å²) < 4.78 is 13.0. The van der Waals surface area contributed by atoms with Crippen LogP contribution in [-0.4, -0.2) is 49.9 Å². The van der Waals surface area contributed by atoms with Crippen LogP contribution in [0.2, 0.25) is 0 Å². The number of rotatable bonds is 10. The Balaban J connectivity index is 1.49. The van der Waals surface area contributed by atoms with Crippen LogP contribution in [0.4, 0.5) is 0 Å². The van der Waals surface area contributed by atoms with Gasteiger partial charge in [-0.1, -0.05) is 36.8 Å². The molecule has 0 saturated carbocycles. The zero-order chi connectivity index (χ0) is 25.8. The van der Waals surface area contributed by atoms with Gasteiger partial charge in [-0.3, -0.25) is 9.69 Å². The maximum Gasteiger partial charge on any atom is 0.252 e. The van der Waals surface area contributed by atoms with Gasteiger partial charge in [-0.15, -0.1) is 5.10 Å². The van der Waals surface area contributed by atoms with Crippen LogP contribution in [0.1, 0.15) is 54.7 Å². The quantitative estimate of drug-likeness (QED) is 0.348. The lowest BCUT2D eigenvalue weighted by Gasteiger charge is -2.30. The molecule has 0 amide bonds. The van der Waals surface area contributed by atoms with Gasteiger partial charge in [0, 0.05) is 31.3 Å². The maximum absolute atomic E-state index is 13.2. The Bertz CT molecular complexity index is 1390. The van der Waals surface area contributed by atoms with E-state index in [0.29, 0.717) is 30.9 Å². The van der Waals surface area contributed by atoms with Gasteiger partial charge in [-0.05, 0) is 65.8 Å². The Labute approximate surface area is 216 Å². The number of tetrazole rings is 1. The van der Waals surface area contributed by atoms with E-state index in [1.807, 2.05) is 28.9 Å². The highest BCUT2D eigenvalue weighted by atomic mass is 16.5. The minimum absolute atomic E-state index is 0.0799. The number of aromatic amines is 1. The maximum atomic E-state index is 13.2. The number of hydrogen-bond acceptors (Lipinski definition) is 7. The Morgan fingerprint density at radius 3 is 2.76 bits per heavy atom. The SMILES string of the molecule is CC[C@@H](c1nnnn1C[C@H]1CCCO1)N(Cc1ccc(C)cc1)Cc1cc2ccc(OC)cc2[nH]c1=O. The predicted octanol–water partition coefficient (Wildman–Crippen LogP) is 4.16. The molecule has 1 saturated heterocycles. The number of benzene rings is 2. The van der Waals surface area contributed by atoms with E-state index in [1.165, 1.54) is 11.1 Å². The zero-order valence-corrected chi connectivity index (χ0v) is 21.7. The Hall–Kier alpha value is -3.56. The van der Waals surface area contributed by atoms with Crippen molar-refractivity contribution in [1.82, 2.24) is 30.1 Å². The minimum atomic E-state index is -0.108. The fraction of sp³-hybridized carbons (Fsp3) is 0.429. The van der Waals surface area contributed by atoms with E-state index in [1.54, 1.807) is 7.11 Å². The van der Waals surface area contributed by atoms with E-state index in [4.69, 9.17) is 9.47 Å². The number of nitrogens with one attached hydrogen (secondary N) is 1. The molecule has 0 bridgehead atoms. The first kappa shape index (κ1) is 25.1. The predicted molar refractivity (Wildman–Crippen MR) is 141 cm³/mol. The molecule has 1 fully saturated rings. The van der Waals surface area contributed by atoms with E-state index < -0.39 is 0 Å². The van der Waals surface area contributed by atoms with Crippen LogP contribution in [0, 0.1) is 6.92 Å². The number of H-pyrrole nitrogens is 1. The lowest BCUT2D eigenvalue weighted by molar-refractivity contribution is 0.0888. The Morgan fingerprint density at radius 2 is 2.03 bits per heavy atom. The van der Waals surface area contributed by atoms with Crippen molar-refractivity contribution in [2.75, 3.05) is 13.7 Å². The van der Waals surface area contributed by atoms with Crippen LogP contribution in [-0.2, 0) is 24.4 Å². The van der Waals surface area contributed by atoms with Gasteiger partial charge in [0.15, 0.2) is 5.82 Å². The van der Waals surface area contributed by atoms with Crippen molar-refractivity contribution in [3.05, 3.63) is 81.4 Å². The van der Waals surface area contributed by atoms with Gasteiger partial charge in [0.05, 0.1) is 31.3 Å². The first-order valence-electron chi connectivity index (χ1n) is 12.9. The molecule has 2 aromatic heterocycles. The van der Waals surface area contributed by atoms with E-state index >= 15 is 0 Å². The van der Waals surface area contributed by atoms with Crippen LogP contribution in [0.15, 0.2) is 53.3 Å². The highest BCUT2D eigenvalue weighted by Crippen LogP contribution is 2.28. The molecule has 37 heavy (non-hydrogen) atoms. The molecular formula is C28H34N6O3. The van der Waals surface area contributed by atoms with Crippen molar-refractivity contribution in [3.8, 4) is 5.75 Å². The monoisotopic (exact) mass is 502 g/mol. The number of aryl methyl sites for hydroxylation is 1. The summed E-state index contributed by atoms with van der Waals surface area (Å²) in [7, 11) is 1.62. The molecule has 0 spiro atoms. The van der Waals surface area contributed by atoms with Crippen LogP contribution >= 0.6 is 0 Å². The van der Waals surface area contributed by atoms with Gasteiger partial charge in [-0.2, -0.15) is 0 Å². The summed E-state index contributed by atoms with van der Waals surface area (Å²) in [4.78, 5) is 18.5. The molecule has 1 aliphatic heterocycles. The third-order valence-electron chi connectivity index (χ3n) is 7.10. The van der Waals surface area contributed by atoms with Gasteiger partial charge in [-0.25, -0.2) is 4.68 Å². The fourth-order valence-corrected chi connectivity index (χ4v) is 5.06. The third-order valence-corrected chi connectivity index (χ3v) is 7.10. The Morgan fingerprint density at radius 1 is 1.19 bits per heavy atom. The second-order valence-electron chi connectivity index (χ2n) is 9.75. The van der Waals surface area contributed by atoms with E-state index in [9.17, 15) is 4.79 Å². The molecule has 0 unspecified atom stereocenters. The smallest absolute Gasteiger partial charge is 0.252 e. The molecule has 0 radical (unpaired) electrons. The molecule has 2 aromatic carbocycles. The number of ether oxygens (including phenoxy) is 2. The summed E-state index contributed by atoms with van der Waals surface area (Å²) in [5.41, 5.74) is 3.73. The lowest BCUT2D eigenvalue weighted by Crippen LogP contribution is -2.33. The first-order valence-corrected chi connectivity index (χ1v) is 12.9. The zero-order valence-electron chi connectivity index (χ0n) is 21.7. The fourth-order valence-electron chi connectivity index (χ4n) is 5.06. The van der Waals surface area contributed by atoms with Crippen molar-refractivity contribution < 1.29 is 9.47 Å². The largest absolute Gasteiger partial charge is 0.497 e. The van der Waals surface area contributed by atoms with Gasteiger partial charge in [0.2, 0.25) is 0 Å². The highest BCUT2D eigenvalue weighted by Gasteiger charge is 2.28. The normalized spacial score (nSPS) is 16.5. The number of pyridine rings is 1. The number of methoxy groups -OCH3 is 1. The van der Waals surface area contributed by atoms with Crippen LogP contribution < -0.4 is 10.3 Å². The second-order valence-corrected chi connectivity index (χ2v) is 9.75. The lowest BCUT2D eigenvalue weighted by atomic mass is 10.1. The second kappa shape index (κ2) is 11.2. The van der Waals surface area contributed by atoms with Gasteiger partial charge >= 0.3 is 0 Å². The van der Waals surface area contributed by atoms with E-state index in [-0.39, 0.29) is 17.7 Å². The molecule has 0 aliphatic carbocycles. The minimum Gasteiger partial charge on any atom is -0.497 e. The molecular weight excluding hydrogens is 468 g/mol. The standard InChI is InChI=1S/C28H34N6O3/c1-4-26(27-30-31-32-34(27)18-24-6-5-13-37-24)33(16-20-9-7-19(2)8-10-20)17-22-14-21-11-12-23(36-3)15-25(21)29-28(22)35/h7-12,14-15,24,26H,4-6,13,16-18H2,1-3H3,(H,29,35)/t24-,26+/m1/s1. The molecule has 9 nitrogen and oxygen atoms in total.